The predicted octanol–water partition coefficient (Wildman–Crippen LogP) is 7.19. The Bertz CT molecular complexity index is 1510. The molecule has 0 atom stereocenters. The number of benzene rings is 4. The van der Waals surface area contributed by atoms with Crippen molar-refractivity contribution in [2.24, 2.45) is 0 Å². The van der Waals surface area contributed by atoms with E-state index in [1.54, 1.807) is 0 Å². The second-order valence-electron chi connectivity index (χ2n) is 9.42. The summed E-state index contributed by atoms with van der Waals surface area (Å²) >= 11 is 0. The minimum Gasteiger partial charge on any atom is -0.493 e. The molecule has 0 unspecified atom stereocenters. The van der Waals surface area contributed by atoms with E-state index in [0.29, 0.717) is 26.4 Å². The first-order chi connectivity index (χ1) is 17.8. The number of fused-ring (bicyclic) bond motifs is 4. The summed E-state index contributed by atoms with van der Waals surface area (Å²) in [7, 11) is 0. The molecule has 0 amide bonds. The Kier molecular flexibility index (Phi) is 6.35. The fourth-order valence-electron chi connectivity index (χ4n) is 5.26. The lowest BCUT2D eigenvalue weighted by Gasteiger charge is -2.16. The molecule has 0 radical (unpaired) electrons. The maximum atomic E-state index is 6.23. The van der Waals surface area contributed by atoms with Gasteiger partial charge >= 0.3 is 0 Å². The summed E-state index contributed by atoms with van der Waals surface area (Å²) in [6, 6.07) is 27.7. The van der Waals surface area contributed by atoms with Crippen molar-refractivity contribution in [2.45, 2.75) is 26.3 Å². The zero-order valence-corrected chi connectivity index (χ0v) is 20.7. The second-order valence-corrected chi connectivity index (χ2v) is 9.42. The summed E-state index contributed by atoms with van der Waals surface area (Å²) in [6.45, 7) is 5.49. The lowest BCUT2D eigenvalue weighted by atomic mass is 9.97. The van der Waals surface area contributed by atoms with Gasteiger partial charge in [-0.2, -0.15) is 0 Å². The lowest BCUT2D eigenvalue weighted by Crippen LogP contribution is -2.12. The van der Waals surface area contributed by atoms with Crippen LogP contribution in [0.2, 0.25) is 0 Å². The molecule has 0 N–H and O–H groups in total. The molecule has 4 nitrogen and oxygen atoms in total. The monoisotopic (exact) mass is 477 g/mol. The molecule has 4 heteroatoms. The Labute approximate surface area is 212 Å². The van der Waals surface area contributed by atoms with Crippen molar-refractivity contribution in [3.63, 3.8) is 0 Å². The largest absolute Gasteiger partial charge is 0.493 e. The van der Waals surface area contributed by atoms with E-state index in [-0.39, 0.29) is 0 Å². The van der Waals surface area contributed by atoms with Gasteiger partial charge in [-0.3, -0.25) is 0 Å². The summed E-state index contributed by atoms with van der Waals surface area (Å²) in [5, 5.41) is 3.68. The van der Waals surface area contributed by atoms with Gasteiger partial charge in [-0.1, -0.05) is 60.7 Å². The first kappa shape index (κ1) is 22.7. The van der Waals surface area contributed by atoms with E-state index in [0.717, 1.165) is 30.9 Å². The Morgan fingerprint density at radius 3 is 2.67 bits per heavy atom. The van der Waals surface area contributed by atoms with Gasteiger partial charge in [-0.05, 0) is 60.0 Å². The van der Waals surface area contributed by atoms with Crippen molar-refractivity contribution in [1.29, 1.82) is 0 Å². The van der Waals surface area contributed by atoms with E-state index >= 15 is 0 Å². The van der Waals surface area contributed by atoms with E-state index in [4.69, 9.17) is 14.2 Å². The average molecular weight is 478 g/mol. The van der Waals surface area contributed by atoms with Crippen LogP contribution in [-0.4, -0.2) is 31.0 Å². The number of ether oxygens (including phenoxy) is 3. The van der Waals surface area contributed by atoms with Crippen LogP contribution >= 0.6 is 0 Å². The second kappa shape index (κ2) is 10.1. The number of hydrogen-bond acceptors (Lipinski definition) is 3. The van der Waals surface area contributed by atoms with Crippen LogP contribution in [0.25, 0.3) is 32.8 Å². The van der Waals surface area contributed by atoms with Crippen LogP contribution in [0.3, 0.4) is 0 Å². The van der Waals surface area contributed by atoms with Crippen LogP contribution in [0.1, 0.15) is 17.5 Å². The fraction of sp³-hybridized carbons (Fsp3) is 0.250. The van der Waals surface area contributed by atoms with Crippen molar-refractivity contribution >= 4 is 21.7 Å². The summed E-state index contributed by atoms with van der Waals surface area (Å²) < 4.78 is 20.4. The highest BCUT2D eigenvalue weighted by Crippen LogP contribution is 2.36. The van der Waals surface area contributed by atoms with Crippen molar-refractivity contribution in [1.82, 2.24) is 4.57 Å². The zero-order chi connectivity index (χ0) is 24.3. The number of aromatic nitrogens is 1. The molecular formula is C32H31NO3. The average Bonchev–Trinajstić information content (AvgIpc) is 3.26. The first-order valence-electron chi connectivity index (χ1n) is 12.8. The van der Waals surface area contributed by atoms with E-state index < -0.39 is 0 Å². The topological polar surface area (TPSA) is 32.6 Å². The van der Waals surface area contributed by atoms with Gasteiger partial charge in [0.2, 0.25) is 0 Å². The fourth-order valence-corrected chi connectivity index (χ4v) is 5.26. The van der Waals surface area contributed by atoms with Gasteiger partial charge in [0.1, 0.15) is 18.1 Å². The van der Waals surface area contributed by atoms with Crippen molar-refractivity contribution in [3.8, 4) is 22.6 Å². The Hall–Kier alpha value is -3.76. The quantitative estimate of drug-likeness (QED) is 0.251. The molecule has 0 aliphatic carbocycles. The molecule has 0 spiro atoms. The van der Waals surface area contributed by atoms with Crippen molar-refractivity contribution in [3.05, 3.63) is 96.2 Å². The van der Waals surface area contributed by atoms with Gasteiger partial charge in [-0.15, -0.1) is 0 Å². The normalized spacial score (nSPS) is 13.7. The third-order valence-corrected chi connectivity index (χ3v) is 7.05. The van der Waals surface area contributed by atoms with Crippen LogP contribution < -0.4 is 9.47 Å². The van der Waals surface area contributed by atoms with E-state index in [2.05, 4.69) is 90.5 Å². The van der Waals surface area contributed by atoms with Crippen LogP contribution in [0.4, 0.5) is 0 Å². The summed E-state index contributed by atoms with van der Waals surface area (Å²) in [5.74, 6) is 1.85. The maximum absolute atomic E-state index is 6.23. The standard InChI is InChI=1S/C32H31NO3/c1-23-14-15-26-21-30(23)29-12-5-11-28-25(22-33(32(28)29)16-18-34-19-20-35-26)9-6-17-36-31-13-4-8-24-7-2-3-10-27(24)31/h2-5,7-8,10-15,21-22H,6,9,16-20H2,1H3. The molecule has 0 saturated carbocycles. The maximum Gasteiger partial charge on any atom is 0.127 e. The van der Waals surface area contributed by atoms with Crippen molar-refractivity contribution < 1.29 is 14.2 Å². The smallest absolute Gasteiger partial charge is 0.127 e. The van der Waals surface area contributed by atoms with Crippen LogP contribution in [0.5, 0.6) is 11.5 Å². The van der Waals surface area contributed by atoms with E-state index in [1.807, 2.05) is 6.07 Å². The van der Waals surface area contributed by atoms with Gasteiger partial charge in [-0.25, -0.2) is 0 Å². The molecule has 1 aliphatic rings. The highest BCUT2D eigenvalue weighted by atomic mass is 16.5. The highest BCUT2D eigenvalue weighted by Gasteiger charge is 2.16. The van der Waals surface area contributed by atoms with Gasteiger partial charge in [0.15, 0.2) is 0 Å². The molecular weight excluding hydrogens is 446 g/mol. The SMILES string of the molecule is Cc1ccc2cc1-c1cccc3c(CCCOc4cccc5ccccc45)cn(c13)CCOCCO2. The molecule has 0 fully saturated rings. The van der Waals surface area contributed by atoms with Crippen molar-refractivity contribution in [2.75, 3.05) is 26.4 Å². The van der Waals surface area contributed by atoms with E-state index in [1.165, 1.54) is 43.9 Å². The summed E-state index contributed by atoms with van der Waals surface area (Å²) in [5.41, 5.74) is 6.35. The molecule has 2 bridgehead atoms. The number of nitrogens with zero attached hydrogens (tertiary/aromatic N) is 1. The first-order valence-corrected chi connectivity index (χ1v) is 12.8. The van der Waals surface area contributed by atoms with Crippen LogP contribution in [0.15, 0.2) is 85.1 Å². The van der Waals surface area contributed by atoms with Gasteiger partial charge in [0.25, 0.3) is 0 Å². The summed E-state index contributed by atoms with van der Waals surface area (Å²) in [6.07, 6.45) is 4.23. The number of aryl methyl sites for hydroxylation is 2. The Balaban J connectivity index is 1.29. The molecule has 1 aliphatic heterocycles. The number of rotatable bonds is 5. The molecule has 0 saturated heterocycles. The molecule has 5 aromatic rings. The Morgan fingerprint density at radius 1 is 0.833 bits per heavy atom. The lowest BCUT2D eigenvalue weighted by molar-refractivity contribution is 0.0949. The molecule has 1 aromatic heterocycles. The molecule has 4 aromatic carbocycles. The molecule has 36 heavy (non-hydrogen) atoms. The molecule has 6 rings (SSSR count). The van der Waals surface area contributed by atoms with Crippen LogP contribution in [-0.2, 0) is 17.7 Å². The summed E-state index contributed by atoms with van der Waals surface area (Å²) in [4.78, 5) is 0. The van der Waals surface area contributed by atoms with E-state index in [9.17, 15) is 0 Å². The minimum absolute atomic E-state index is 0.563. The molecule has 182 valence electrons. The molecule has 2 heterocycles. The zero-order valence-electron chi connectivity index (χ0n) is 20.7. The highest BCUT2D eigenvalue weighted by molar-refractivity contribution is 5.97. The van der Waals surface area contributed by atoms with Crippen LogP contribution in [0, 0.1) is 6.92 Å². The third kappa shape index (κ3) is 4.45. The number of hydrogen-bond donors (Lipinski definition) is 0. The predicted molar refractivity (Wildman–Crippen MR) is 146 cm³/mol. The van der Waals surface area contributed by atoms with Gasteiger partial charge in [0.05, 0.1) is 25.3 Å². The number of para-hydroxylation sites is 1. The third-order valence-electron chi connectivity index (χ3n) is 7.05. The van der Waals surface area contributed by atoms with Gasteiger partial charge in [0, 0.05) is 29.1 Å². The van der Waals surface area contributed by atoms with Gasteiger partial charge < -0.3 is 18.8 Å². The Morgan fingerprint density at radius 2 is 1.69 bits per heavy atom. The minimum atomic E-state index is 0.563.